The molecule has 0 unspecified atom stereocenters. The number of nitrogens with zero attached hydrogens (tertiary/aromatic N) is 2. The minimum atomic E-state index is -0.445. The third-order valence-corrected chi connectivity index (χ3v) is 2.72. The molecule has 0 aliphatic carbocycles. The molecule has 0 radical (unpaired) electrons. The summed E-state index contributed by atoms with van der Waals surface area (Å²) in [6, 6.07) is 7.75. The minimum absolute atomic E-state index is 0.0250. The molecule has 0 saturated heterocycles. The molecule has 2 N–H and O–H groups in total. The molecule has 0 aliphatic heterocycles. The third kappa shape index (κ3) is 3.73. The van der Waals surface area contributed by atoms with Gasteiger partial charge in [-0.3, -0.25) is 9.59 Å². The highest BCUT2D eigenvalue weighted by Gasteiger charge is 2.10. The lowest BCUT2D eigenvalue weighted by atomic mass is 10.3. The van der Waals surface area contributed by atoms with Crippen LogP contribution in [0.15, 0.2) is 41.2 Å². The van der Waals surface area contributed by atoms with Crippen molar-refractivity contribution in [1.29, 1.82) is 0 Å². The number of hydrogen-bond donors (Lipinski definition) is 2. The van der Waals surface area contributed by atoms with Gasteiger partial charge in [-0.1, -0.05) is 0 Å². The Morgan fingerprint density at radius 1 is 1.24 bits per heavy atom. The van der Waals surface area contributed by atoms with Crippen LogP contribution in [-0.2, 0) is 0 Å². The lowest BCUT2D eigenvalue weighted by Crippen LogP contribution is -2.29. The van der Waals surface area contributed by atoms with Crippen molar-refractivity contribution in [3.8, 4) is 5.69 Å². The largest absolute Gasteiger partial charge is 0.396 e. The van der Waals surface area contributed by atoms with Crippen LogP contribution in [0.4, 0.5) is 4.39 Å². The fraction of sp³-hybridized carbons (Fsp3) is 0.214. The van der Waals surface area contributed by atoms with E-state index in [2.05, 4.69) is 10.4 Å². The number of amides is 1. The van der Waals surface area contributed by atoms with Gasteiger partial charge in [0.05, 0.1) is 5.69 Å². The number of nitrogens with one attached hydrogen (secondary N) is 1. The van der Waals surface area contributed by atoms with Crippen molar-refractivity contribution in [2.75, 3.05) is 13.2 Å². The SMILES string of the molecule is O=C(NCCCO)c1ccc(=O)n(-c2ccc(F)cc2)n1. The molecule has 6 nitrogen and oxygen atoms in total. The number of rotatable bonds is 5. The number of aliphatic hydroxyl groups is 1. The van der Waals surface area contributed by atoms with Crippen molar-refractivity contribution in [2.45, 2.75) is 6.42 Å². The topological polar surface area (TPSA) is 84.2 Å². The van der Waals surface area contributed by atoms with Crippen molar-refractivity contribution < 1.29 is 14.3 Å². The molecule has 2 aromatic rings. The van der Waals surface area contributed by atoms with Crippen LogP contribution in [0.3, 0.4) is 0 Å². The Bertz CT molecular complexity index is 683. The van der Waals surface area contributed by atoms with Gasteiger partial charge >= 0.3 is 0 Å². The van der Waals surface area contributed by atoms with Crippen LogP contribution < -0.4 is 10.9 Å². The Balaban J connectivity index is 2.27. The van der Waals surface area contributed by atoms with E-state index < -0.39 is 17.3 Å². The summed E-state index contributed by atoms with van der Waals surface area (Å²) in [5.41, 5.74) is 0.0109. The van der Waals surface area contributed by atoms with E-state index in [1.165, 1.54) is 36.4 Å². The molecular formula is C14H14FN3O3. The molecule has 21 heavy (non-hydrogen) atoms. The van der Waals surface area contributed by atoms with E-state index in [1.807, 2.05) is 0 Å². The van der Waals surface area contributed by atoms with Gasteiger partial charge in [-0.2, -0.15) is 9.78 Å². The Hall–Kier alpha value is -2.54. The summed E-state index contributed by atoms with van der Waals surface area (Å²) in [6.07, 6.45) is 0.434. The molecule has 1 aromatic carbocycles. The van der Waals surface area contributed by atoms with E-state index in [1.54, 1.807) is 0 Å². The zero-order valence-electron chi connectivity index (χ0n) is 11.1. The van der Waals surface area contributed by atoms with Gasteiger partial charge in [-0.25, -0.2) is 4.39 Å². The van der Waals surface area contributed by atoms with Crippen molar-refractivity contribution in [2.24, 2.45) is 0 Å². The third-order valence-electron chi connectivity index (χ3n) is 2.72. The summed E-state index contributed by atoms with van der Waals surface area (Å²) in [4.78, 5) is 23.6. The lowest BCUT2D eigenvalue weighted by molar-refractivity contribution is 0.0944. The van der Waals surface area contributed by atoms with E-state index >= 15 is 0 Å². The predicted molar refractivity (Wildman–Crippen MR) is 73.8 cm³/mol. The van der Waals surface area contributed by atoms with Gasteiger partial charge < -0.3 is 10.4 Å². The molecular weight excluding hydrogens is 277 g/mol. The van der Waals surface area contributed by atoms with Gasteiger partial charge in [0.2, 0.25) is 0 Å². The molecule has 0 spiro atoms. The van der Waals surface area contributed by atoms with Crippen LogP contribution in [-0.4, -0.2) is 33.9 Å². The van der Waals surface area contributed by atoms with Gasteiger partial charge in [0.15, 0.2) is 0 Å². The fourth-order valence-electron chi connectivity index (χ4n) is 1.67. The smallest absolute Gasteiger partial charge is 0.271 e. The quantitative estimate of drug-likeness (QED) is 0.785. The fourth-order valence-corrected chi connectivity index (χ4v) is 1.67. The van der Waals surface area contributed by atoms with E-state index in [4.69, 9.17) is 5.11 Å². The molecule has 1 amide bonds. The van der Waals surface area contributed by atoms with Crippen LogP contribution in [0.2, 0.25) is 0 Å². The summed E-state index contributed by atoms with van der Waals surface area (Å²) < 4.78 is 13.9. The van der Waals surface area contributed by atoms with Gasteiger partial charge in [0, 0.05) is 19.2 Å². The van der Waals surface area contributed by atoms with Crippen LogP contribution in [0.5, 0.6) is 0 Å². The average molecular weight is 291 g/mol. The first-order valence-electron chi connectivity index (χ1n) is 6.37. The second-order valence-corrected chi connectivity index (χ2v) is 4.28. The molecule has 110 valence electrons. The summed E-state index contributed by atoms with van der Waals surface area (Å²) in [5.74, 6) is -0.871. The Labute approximate surface area is 119 Å². The number of hydrogen-bond acceptors (Lipinski definition) is 4. The molecule has 0 bridgehead atoms. The van der Waals surface area contributed by atoms with Crippen LogP contribution >= 0.6 is 0 Å². The highest BCUT2D eigenvalue weighted by Crippen LogP contribution is 2.05. The summed E-state index contributed by atoms with van der Waals surface area (Å²) in [5, 5.41) is 15.2. The van der Waals surface area contributed by atoms with Gasteiger partial charge in [0.1, 0.15) is 11.5 Å². The van der Waals surface area contributed by atoms with Crippen LogP contribution in [0, 0.1) is 5.82 Å². The van der Waals surface area contributed by atoms with E-state index in [0.717, 1.165) is 4.68 Å². The minimum Gasteiger partial charge on any atom is -0.396 e. The monoisotopic (exact) mass is 291 g/mol. The van der Waals surface area contributed by atoms with Crippen molar-refractivity contribution in [3.05, 3.63) is 58.3 Å². The summed E-state index contributed by atoms with van der Waals surface area (Å²) in [7, 11) is 0. The van der Waals surface area contributed by atoms with Gasteiger partial charge in [0.25, 0.3) is 11.5 Å². The zero-order chi connectivity index (χ0) is 15.2. The van der Waals surface area contributed by atoms with Crippen molar-refractivity contribution >= 4 is 5.91 Å². The maximum atomic E-state index is 12.9. The Morgan fingerprint density at radius 2 is 1.95 bits per heavy atom. The highest BCUT2D eigenvalue weighted by molar-refractivity contribution is 5.92. The number of carbonyl (C=O) groups is 1. The first-order chi connectivity index (χ1) is 10.1. The second kappa shape index (κ2) is 6.76. The molecule has 0 saturated carbocycles. The molecule has 0 aliphatic rings. The van der Waals surface area contributed by atoms with E-state index in [-0.39, 0.29) is 12.3 Å². The Morgan fingerprint density at radius 3 is 2.62 bits per heavy atom. The lowest BCUT2D eigenvalue weighted by Gasteiger charge is -2.07. The van der Waals surface area contributed by atoms with Gasteiger partial charge in [-0.05, 0) is 36.8 Å². The number of halogens is 1. The maximum absolute atomic E-state index is 12.9. The molecule has 2 rings (SSSR count). The van der Waals surface area contributed by atoms with Crippen LogP contribution in [0.25, 0.3) is 5.69 Å². The average Bonchev–Trinajstić information content (AvgIpc) is 2.49. The normalized spacial score (nSPS) is 10.4. The molecule has 0 fully saturated rings. The number of aromatic nitrogens is 2. The molecule has 0 atom stereocenters. The maximum Gasteiger partial charge on any atom is 0.271 e. The van der Waals surface area contributed by atoms with Crippen LogP contribution in [0.1, 0.15) is 16.9 Å². The highest BCUT2D eigenvalue weighted by atomic mass is 19.1. The van der Waals surface area contributed by atoms with E-state index in [9.17, 15) is 14.0 Å². The van der Waals surface area contributed by atoms with Gasteiger partial charge in [-0.15, -0.1) is 0 Å². The second-order valence-electron chi connectivity index (χ2n) is 4.28. The Kier molecular flexibility index (Phi) is 4.78. The summed E-state index contributed by atoms with van der Waals surface area (Å²) >= 11 is 0. The molecule has 1 heterocycles. The molecule has 7 heteroatoms. The number of aliphatic hydroxyl groups excluding tert-OH is 1. The molecule has 1 aromatic heterocycles. The number of benzene rings is 1. The standard InChI is InChI=1S/C14H14FN3O3/c15-10-2-4-11(5-3-10)18-13(20)7-6-12(17-18)14(21)16-8-1-9-19/h2-7,19H,1,8-9H2,(H,16,21). The van der Waals surface area contributed by atoms with E-state index in [0.29, 0.717) is 18.7 Å². The van der Waals surface area contributed by atoms with Crippen molar-refractivity contribution in [1.82, 2.24) is 15.1 Å². The zero-order valence-corrected chi connectivity index (χ0v) is 11.1. The van der Waals surface area contributed by atoms with Crippen molar-refractivity contribution in [3.63, 3.8) is 0 Å². The first kappa shape index (κ1) is 14.9. The predicted octanol–water partition coefficient (Wildman–Crippen LogP) is 0.484. The first-order valence-corrected chi connectivity index (χ1v) is 6.37. The number of carbonyl (C=O) groups excluding carboxylic acids is 1. The summed E-state index contributed by atoms with van der Waals surface area (Å²) in [6.45, 7) is 0.287.